The Morgan fingerprint density at radius 2 is 1.93 bits per heavy atom. The number of rotatable bonds is 4. The van der Waals surface area contributed by atoms with Crippen LogP contribution in [0.5, 0.6) is 0 Å². The summed E-state index contributed by atoms with van der Waals surface area (Å²) in [4.78, 5) is 0. The van der Waals surface area contributed by atoms with Gasteiger partial charge in [0.05, 0.1) is 11.5 Å². The molecule has 0 unspecified atom stereocenters. The van der Waals surface area contributed by atoms with Crippen LogP contribution in [0.2, 0.25) is 0 Å². The summed E-state index contributed by atoms with van der Waals surface area (Å²) in [5, 5.41) is 12.4. The Bertz CT molecular complexity index is 219. The van der Waals surface area contributed by atoms with E-state index in [4.69, 9.17) is 5.26 Å². The largest absolute Gasteiger partial charge is 0.315 e. The minimum absolute atomic E-state index is 0.0364. The molecule has 0 spiro atoms. The monoisotopic (exact) mass is 192 g/mol. The maximum absolute atomic E-state index is 8.90. The fraction of sp³-hybridized carbons (Fsp3) is 0.917. The normalized spacial score (nSPS) is 25.6. The lowest BCUT2D eigenvalue weighted by atomic mass is 9.89. The van der Waals surface area contributed by atoms with E-state index in [1.165, 1.54) is 32.1 Å². The third-order valence-electron chi connectivity index (χ3n) is 3.71. The number of hydrogen-bond acceptors (Lipinski definition) is 2. The Morgan fingerprint density at radius 1 is 1.21 bits per heavy atom. The highest BCUT2D eigenvalue weighted by Gasteiger charge is 2.42. The van der Waals surface area contributed by atoms with Crippen LogP contribution in [0.25, 0.3) is 0 Å². The Hall–Kier alpha value is -0.550. The number of hydrogen-bond donors (Lipinski definition) is 1. The highest BCUT2D eigenvalue weighted by Crippen LogP contribution is 2.44. The van der Waals surface area contributed by atoms with Crippen molar-refractivity contribution in [3.63, 3.8) is 0 Å². The van der Waals surface area contributed by atoms with E-state index in [2.05, 4.69) is 11.4 Å². The summed E-state index contributed by atoms with van der Waals surface area (Å²) < 4.78 is 0. The van der Waals surface area contributed by atoms with Crippen molar-refractivity contribution in [2.75, 3.05) is 13.1 Å². The predicted octanol–water partition coefficient (Wildman–Crippen LogP) is 2.46. The highest BCUT2D eigenvalue weighted by atomic mass is 14.9. The van der Waals surface area contributed by atoms with Gasteiger partial charge < -0.3 is 5.32 Å². The minimum atomic E-state index is 0.0364. The molecule has 2 rings (SSSR count). The molecule has 2 nitrogen and oxygen atoms in total. The lowest BCUT2D eigenvalue weighted by Gasteiger charge is -2.22. The number of nitrogens with zero attached hydrogens (tertiary/aromatic N) is 1. The van der Waals surface area contributed by atoms with Crippen LogP contribution < -0.4 is 5.32 Å². The van der Waals surface area contributed by atoms with Crippen LogP contribution in [-0.2, 0) is 0 Å². The predicted molar refractivity (Wildman–Crippen MR) is 56.7 cm³/mol. The van der Waals surface area contributed by atoms with E-state index in [1.54, 1.807) is 0 Å². The summed E-state index contributed by atoms with van der Waals surface area (Å²) in [6, 6.07) is 2.43. The summed E-state index contributed by atoms with van der Waals surface area (Å²) in [5.74, 6) is 0.887. The van der Waals surface area contributed by atoms with Crippen LogP contribution in [-0.4, -0.2) is 13.1 Å². The lowest BCUT2D eigenvalue weighted by molar-refractivity contribution is 0.336. The van der Waals surface area contributed by atoms with Gasteiger partial charge in [0.15, 0.2) is 0 Å². The first-order valence-electron chi connectivity index (χ1n) is 5.97. The molecule has 0 atom stereocenters. The van der Waals surface area contributed by atoms with Crippen LogP contribution in [0.15, 0.2) is 0 Å². The summed E-state index contributed by atoms with van der Waals surface area (Å²) in [5.41, 5.74) is 0.0364. The molecule has 2 aliphatic rings. The summed E-state index contributed by atoms with van der Waals surface area (Å²) in [7, 11) is 0. The van der Waals surface area contributed by atoms with Crippen molar-refractivity contribution in [3.05, 3.63) is 0 Å². The average Bonchev–Trinajstić information content (AvgIpc) is 3.00. The molecule has 2 saturated carbocycles. The van der Waals surface area contributed by atoms with Crippen molar-refractivity contribution < 1.29 is 0 Å². The Labute approximate surface area is 86.7 Å². The third kappa shape index (κ3) is 2.48. The molecule has 0 saturated heterocycles. The maximum Gasteiger partial charge on any atom is 0.0703 e. The zero-order valence-electron chi connectivity index (χ0n) is 8.89. The van der Waals surface area contributed by atoms with Gasteiger partial charge in [-0.25, -0.2) is 0 Å². The van der Waals surface area contributed by atoms with Crippen molar-refractivity contribution in [2.45, 2.75) is 44.9 Å². The molecule has 2 aliphatic carbocycles. The molecule has 14 heavy (non-hydrogen) atoms. The summed E-state index contributed by atoms with van der Waals surface area (Å²) in [6.45, 7) is 2.07. The van der Waals surface area contributed by atoms with E-state index in [1.807, 2.05) is 0 Å². The van der Waals surface area contributed by atoms with E-state index < -0.39 is 0 Å². The van der Waals surface area contributed by atoms with Crippen molar-refractivity contribution in [1.82, 2.24) is 5.32 Å². The zero-order chi connectivity index (χ0) is 9.86. The minimum Gasteiger partial charge on any atom is -0.315 e. The Kier molecular flexibility index (Phi) is 3.08. The Morgan fingerprint density at radius 3 is 2.50 bits per heavy atom. The van der Waals surface area contributed by atoms with Gasteiger partial charge in [-0.2, -0.15) is 5.26 Å². The molecule has 2 fully saturated rings. The van der Waals surface area contributed by atoms with Gasteiger partial charge in [0.25, 0.3) is 0 Å². The van der Waals surface area contributed by atoms with Gasteiger partial charge >= 0.3 is 0 Å². The van der Waals surface area contributed by atoms with Gasteiger partial charge in [0, 0.05) is 6.54 Å². The lowest BCUT2D eigenvalue weighted by Crippen LogP contribution is -2.29. The standard InChI is InChI=1S/C12H20N2/c13-9-12(6-7-12)10-14-8-11-4-2-1-3-5-11/h11,14H,1-8,10H2. The van der Waals surface area contributed by atoms with Gasteiger partial charge in [0.2, 0.25) is 0 Å². The second-order valence-electron chi connectivity index (χ2n) is 5.03. The first kappa shape index (κ1) is 9.98. The second-order valence-corrected chi connectivity index (χ2v) is 5.03. The number of nitrogens with one attached hydrogen (secondary N) is 1. The van der Waals surface area contributed by atoms with Gasteiger partial charge in [-0.3, -0.25) is 0 Å². The summed E-state index contributed by atoms with van der Waals surface area (Å²) in [6.07, 6.45) is 9.27. The topological polar surface area (TPSA) is 35.8 Å². The van der Waals surface area contributed by atoms with Crippen LogP contribution >= 0.6 is 0 Å². The Balaban J connectivity index is 1.60. The van der Waals surface area contributed by atoms with Crippen LogP contribution in [0, 0.1) is 22.7 Å². The molecule has 78 valence electrons. The van der Waals surface area contributed by atoms with Crippen molar-refractivity contribution in [1.29, 1.82) is 5.26 Å². The van der Waals surface area contributed by atoms with E-state index in [0.29, 0.717) is 0 Å². The van der Waals surface area contributed by atoms with Gasteiger partial charge in [-0.05, 0) is 38.1 Å². The van der Waals surface area contributed by atoms with E-state index in [0.717, 1.165) is 31.8 Å². The van der Waals surface area contributed by atoms with Crippen LogP contribution in [0.3, 0.4) is 0 Å². The molecule has 0 aromatic heterocycles. The SMILES string of the molecule is N#CC1(CNCC2CCCCC2)CC1. The first-order valence-corrected chi connectivity index (χ1v) is 5.97. The van der Waals surface area contributed by atoms with Gasteiger partial charge in [-0.15, -0.1) is 0 Å². The van der Waals surface area contributed by atoms with Crippen molar-refractivity contribution in [2.24, 2.45) is 11.3 Å². The molecule has 2 heteroatoms. The maximum atomic E-state index is 8.90. The average molecular weight is 192 g/mol. The molecule has 1 N–H and O–H groups in total. The molecule has 0 bridgehead atoms. The fourth-order valence-corrected chi connectivity index (χ4v) is 2.39. The van der Waals surface area contributed by atoms with Crippen LogP contribution in [0.1, 0.15) is 44.9 Å². The highest BCUT2D eigenvalue weighted by molar-refractivity contribution is 5.10. The van der Waals surface area contributed by atoms with E-state index in [9.17, 15) is 0 Å². The molecule has 0 aromatic rings. The third-order valence-corrected chi connectivity index (χ3v) is 3.71. The molecule has 0 amide bonds. The molecule has 0 heterocycles. The second kappa shape index (κ2) is 4.31. The van der Waals surface area contributed by atoms with Crippen molar-refractivity contribution >= 4 is 0 Å². The smallest absolute Gasteiger partial charge is 0.0703 e. The van der Waals surface area contributed by atoms with Gasteiger partial charge in [-0.1, -0.05) is 19.3 Å². The molecule has 0 aromatic carbocycles. The quantitative estimate of drug-likeness (QED) is 0.742. The van der Waals surface area contributed by atoms with Crippen LogP contribution in [0.4, 0.5) is 0 Å². The zero-order valence-corrected chi connectivity index (χ0v) is 8.89. The van der Waals surface area contributed by atoms with E-state index >= 15 is 0 Å². The van der Waals surface area contributed by atoms with Crippen molar-refractivity contribution in [3.8, 4) is 6.07 Å². The fourth-order valence-electron chi connectivity index (χ4n) is 2.39. The van der Waals surface area contributed by atoms with E-state index in [-0.39, 0.29) is 5.41 Å². The number of nitriles is 1. The first-order chi connectivity index (χ1) is 6.85. The molecule has 0 radical (unpaired) electrons. The molecule has 0 aliphatic heterocycles. The van der Waals surface area contributed by atoms with Gasteiger partial charge in [0.1, 0.15) is 0 Å². The summed E-state index contributed by atoms with van der Waals surface area (Å²) >= 11 is 0. The molecular formula is C12H20N2. The molecular weight excluding hydrogens is 172 g/mol.